The van der Waals surface area contributed by atoms with Crippen molar-refractivity contribution in [2.45, 2.75) is 45.1 Å². The zero-order valence-corrected chi connectivity index (χ0v) is 8.71. The van der Waals surface area contributed by atoms with Gasteiger partial charge in [0.05, 0.1) is 12.0 Å². The normalized spacial score (nSPS) is 15.1. The molecular formula is C12H18N2. The molecule has 0 fully saturated rings. The monoisotopic (exact) mass is 190 g/mol. The van der Waals surface area contributed by atoms with Crippen molar-refractivity contribution in [1.82, 2.24) is 9.55 Å². The molecular weight excluding hydrogens is 172 g/mol. The molecule has 0 bridgehead atoms. The summed E-state index contributed by atoms with van der Waals surface area (Å²) >= 11 is 0. The summed E-state index contributed by atoms with van der Waals surface area (Å²) in [6.45, 7) is 4.85. The fourth-order valence-corrected chi connectivity index (χ4v) is 2.13. The van der Waals surface area contributed by atoms with Crippen molar-refractivity contribution < 1.29 is 0 Å². The summed E-state index contributed by atoms with van der Waals surface area (Å²) in [5.74, 6) is 0. The lowest BCUT2D eigenvalue weighted by Crippen LogP contribution is -2.08. The molecule has 0 spiro atoms. The summed E-state index contributed by atoms with van der Waals surface area (Å²) in [6, 6.07) is 0. The molecule has 0 saturated carbocycles. The Balaban J connectivity index is 2.02. The minimum Gasteiger partial charge on any atom is -0.334 e. The Kier molecular flexibility index (Phi) is 3.02. The zero-order valence-electron chi connectivity index (χ0n) is 8.71. The zero-order chi connectivity index (χ0) is 9.80. The SMILES string of the molecule is C=CCCCn1cnc2c1CCCC2. The van der Waals surface area contributed by atoms with Crippen LogP contribution in [0.1, 0.15) is 37.1 Å². The van der Waals surface area contributed by atoms with Crippen LogP contribution in [0.15, 0.2) is 19.0 Å². The van der Waals surface area contributed by atoms with Crippen molar-refractivity contribution in [2.75, 3.05) is 0 Å². The van der Waals surface area contributed by atoms with E-state index in [1.807, 2.05) is 12.4 Å². The van der Waals surface area contributed by atoms with Crippen LogP contribution in [0.3, 0.4) is 0 Å². The number of allylic oxidation sites excluding steroid dienone is 1. The first-order valence-electron chi connectivity index (χ1n) is 5.55. The number of aromatic nitrogens is 2. The fraction of sp³-hybridized carbons (Fsp3) is 0.583. The van der Waals surface area contributed by atoms with Crippen LogP contribution in [0.4, 0.5) is 0 Å². The molecule has 2 heteroatoms. The third-order valence-electron chi connectivity index (χ3n) is 2.92. The van der Waals surface area contributed by atoms with E-state index in [1.165, 1.54) is 43.5 Å². The van der Waals surface area contributed by atoms with Gasteiger partial charge < -0.3 is 4.57 Å². The van der Waals surface area contributed by atoms with E-state index in [9.17, 15) is 0 Å². The molecule has 0 atom stereocenters. The molecule has 2 rings (SSSR count). The van der Waals surface area contributed by atoms with Crippen LogP contribution in [0.25, 0.3) is 0 Å². The highest BCUT2D eigenvalue weighted by molar-refractivity contribution is 5.16. The predicted octanol–water partition coefficient (Wildman–Crippen LogP) is 2.73. The van der Waals surface area contributed by atoms with Crippen LogP contribution in [0, 0.1) is 0 Å². The second-order valence-corrected chi connectivity index (χ2v) is 3.97. The number of unbranched alkanes of at least 4 members (excludes halogenated alkanes) is 1. The summed E-state index contributed by atoms with van der Waals surface area (Å²) in [5, 5.41) is 0. The van der Waals surface area contributed by atoms with Gasteiger partial charge in [-0.25, -0.2) is 4.98 Å². The first-order valence-corrected chi connectivity index (χ1v) is 5.55. The van der Waals surface area contributed by atoms with Crippen molar-refractivity contribution in [3.05, 3.63) is 30.4 Å². The second-order valence-electron chi connectivity index (χ2n) is 3.97. The van der Waals surface area contributed by atoms with Gasteiger partial charge in [0.15, 0.2) is 0 Å². The molecule has 1 aliphatic rings. The summed E-state index contributed by atoms with van der Waals surface area (Å²) in [6.07, 6.45) is 11.4. The van der Waals surface area contributed by atoms with E-state index < -0.39 is 0 Å². The average Bonchev–Trinajstić information content (AvgIpc) is 2.63. The molecule has 0 aromatic carbocycles. The number of rotatable bonds is 4. The Morgan fingerprint density at radius 3 is 3.14 bits per heavy atom. The van der Waals surface area contributed by atoms with Crippen molar-refractivity contribution in [1.29, 1.82) is 0 Å². The van der Waals surface area contributed by atoms with E-state index in [2.05, 4.69) is 16.1 Å². The number of hydrogen-bond acceptors (Lipinski definition) is 1. The number of aryl methyl sites for hydroxylation is 2. The summed E-state index contributed by atoms with van der Waals surface area (Å²) in [5.41, 5.74) is 2.83. The highest BCUT2D eigenvalue weighted by Crippen LogP contribution is 2.20. The highest BCUT2D eigenvalue weighted by atomic mass is 15.1. The third kappa shape index (κ3) is 1.89. The van der Waals surface area contributed by atoms with Gasteiger partial charge in [0.25, 0.3) is 0 Å². The molecule has 1 aromatic heterocycles. The Hall–Kier alpha value is -1.05. The van der Waals surface area contributed by atoms with E-state index in [-0.39, 0.29) is 0 Å². The molecule has 1 aromatic rings. The lowest BCUT2D eigenvalue weighted by Gasteiger charge is -2.13. The number of imidazole rings is 1. The minimum atomic E-state index is 1.10. The maximum absolute atomic E-state index is 4.47. The number of nitrogens with zero attached hydrogens (tertiary/aromatic N) is 2. The van der Waals surface area contributed by atoms with Crippen LogP contribution >= 0.6 is 0 Å². The Morgan fingerprint density at radius 2 is 2.29 bits per heavy atom. The van der Waals surface area contributed by atoms with Gasteiger partial charge in [-0.15, -0.1) is 6.58 Å². The lowest BCUT2D eigenvalue weighted by molar-refractivity contribution is 0.585. The Morgan fingerprint density at radius 1 is 1.43 bits per heavy atom. The maximum Gasteiger partial charge on any atom is 0.0951 e. The maximum atomic E-state index is 4.47. The van der Waals surface area contributed by atoms with E-state index in [1.54, 1.807) is 0 Å². The van der Waals surface area contributed by atoms with Gasteiger partial charge in [0.2, 0.25) is 0 Å². The first-order chi connectivity index (χ1) is 6.92. The van der Waals surface area contributed by atoms with Crippen molar-refractivity contribution in [3.8, 4) is 0 Å². The average molecular weight is 190 g/mol. The van der Waals surface area contributed by atoms with Crippen LogP contribution in [0.5, 0.6) is 0 Å². The van der Waals surface area contributed by atoms with E-state index in [0.29, 0.717) is 0 Å². The lowest BCUT2D eigenvalue weighted by atomic mass is 10.0. The van der Waals surface area contributed by atoms with E-state index >= 15 is 0 Å². The number of hydrogen-bond donors (Lipinski definition) is 0. The van der Waals surface area contributed by atoms with Gasteiger partial charge in [0, 0.05) is 12.2 Å². The van der Waals surface area contributed by atoms with Crippen LogP contribution in [0.2, 0.25) is 0 Å². The second kappa shape index (κ2) is 4.45. The van der Waals surface area contributed by atoms with Gasteiger partial charge >= 0.3 is 0 Å². The third-order valence-corrected chi connectivity index (χ3v) is 2.92. The molecule has 0 N–H and O–H groups in total. The topological polar surface area (TPSA) is 17.8 Å². The van der Waals surface area contributed by atoms with Gasteiger partial charge in [0.1, 0.15) is 0 Å². The van der Waals surface area contributed by atoms with E-state index in [4.69, 9.17) is 0 Å². The predicted molar refractivity (Wildman–Crippen MR) is 58.3 cm³/mol. The summed E-state index contributed by atoms with van der Waals surface area (Å²) < 4.78 is 2.33. The van der Waals surface area contributed by atoms with Crippen molar-refractivity contribution in [3.63, 3.8) is 0 Å². The van der Waals surface area contributed by atoms with Gasteiger partial charge in [-0.2, -0.15) is 0 Å². The molecule has 0 saturated heterocycles. The fourth-order valence-electron chi connectivity index (χ4n) is 2.13. The van der Waals surface area contributed by atoms with Crippen LogP contribution in [-0.4, -0.2) is 9.55 Å². The van der Waals surface area contributed by atoms with E-state index in [0.717, 1.165) is 13.0 Å². The largest absolute Gasteiger partial charge is 0.334 e. The Labute approximate surface area is 85.7 Å². The molecule has 0 aliphatic heterocycles. The minimum absolute atomic E-state index is 1.10. The van der Waals surface area contributed by atoms with Gasteiger partial charge in [-0.05, 0) is 38.5 Å². The van der Waals surface area contributed by atoms with Crippen molar-refractivity contribution in [2.24, 2.45) is 0 Å². The Bertz CT molecular complexity index is 312. The summed E-state index contributed by atoms with van der Waals surface area (Å²) in [4.78, 5) is 4.47. The molecule has 1 aliphatic carbocycles. The number of fused-ring (bicyclic) bond motifs is 1. The van der Waals surface area contributed by atoms with Gasteiger partial charge in [-0.3, -0.25) is 0 Å². The van der Waals surface area contributed by atoms with Crippen LogP contribution in [-0.2, 0) is 19.4 Å². The molecule has 1 heterocycles. The van der Waals surface area contributed by atoms with Crippen molar-refractivity contribution >= 4 is 0 Å². The highest BCUT2D eigenvalue weighted by Gasteiger charge is 2.14. The quantitative estimate of drug-likeness (QED) is 0.527. The molecule has 0 amide bonds. The van der Waals surface area contributed by atoms with Gasteiger partial charge in [-0.1, -0.05) is 6.08 Å². The summed E-state index contributed by atoms with van der Waals surface area (Å²) in [7, 11) is 0. The smallest absolute Gasteiger partial charge is 0.0951 e. The molecule has 2 nitrogen and oxygen atoms in total. The standard InChI is InChI=1S/C12H18N2/c1-2-3-6-9-14-10-13-11-7-4-5-8-12(11)14/h2,10H,1,3-9H2. The molecule has 0 unspecified atom stereocenters. The van der Waals surface area contributed by atoms with Crippen LogP contribution < -0.4 is 0 Å². The first kappa shape index (κ1) is 9.50. The molecule has 0 radical (unpaired) electrons. The molecule has 14 heavy (non-hydrogen) atoms. The molecule has 76 valence electrons.